The zero-order valence-electron chi connectivity index (χ0n) is 20.6. The average Bonchev–Trinajstić information content (AvgIpc) is 3.31. The van der Waals surface area contributed by atoms with Gasteiger partial charge in [0.05, 0.1) is 29.4 Å². The predicted molar refractivity (Wildman–Crippen MR) is 147 cm³/mol. The van der Waals surface area contributed by atoms with Gasteiger partial charge in [-0.2, -0.15) is 13.2 Å². The third kappa shape index (κ3) is 7.33. The van der Waals surface area contributed by atoms with Gasteiger partial charge < -0.3 is 10.1 Å². The highest BCUT2D eigenvalue weighted by Crippen LogP contribution is 2.39. The number of thioether (sulfide) groups is 1. The van der Waals surface area contributed by atoms with E-state index in [1.807, 2.05) is 23.6 Å². The average molecular weight is 595 g/mol. The Balaban J connectivity index is 1.69. The van der Waals surface area contributed by atoms with E-state index in [1.54, 1.807) is 42.5 Å². The lowest BCUT2D eigenvalue weighted by Gasteiger charge is -2.19. The number of amides is 1. The fraction of sp³-hybridized carbons (Fsp3) is 0.222. The van der Waals surface area contributed by atoms with Crippen LogP contribution in [0, 0.1) is 0 Å². The van der Waals surface area contributed by atoms with Gasteiger partial charge in [0.2, 0.25) is 5.91 Å². The minimum atomic E-state index is -4.59. The van der Waals surface area contributed by atoms with E-state index >= 15 is 0 Å². The van der Waals surface area contributed by atoms with Crippen LogP contribution in [0.15, 0.2) is 78.0 Å². The van der Waals surface area contributed by atoms with Crippen molar-refractivity contribution in [2.24, 2.45) is 0 Å². The summed E-state index contributed by atoms with van der Waals surface area (Å²) in [4.78, 5) is 13.5. The van der Waals surface area contributed by atoms with Crippen LogP contribution in [0.4, 0.5) is 18.9 Å². The lowest BCUT2D eigenvalue weighted by molar-refractivity contribution is -0.137. The summed E-state index contributed by atoms with van der Waals surface area (Å²) in [5.74, 6) is -0.0122. The Labute approximate surface area is 237 Å². The number of rotatable bonds is 10. The van der Waals surface area contributed by atoms with Gasteiger partial charge in [0.15, 0.2) is 11.0 Å². The van der Waals surface area contributed by atoms with Crippen LogP contribution in [0.3, 0.4) is 0 Å². The highest BCUT2D eigenvalue weighted by molar-refractivity contribution is 8.00. The summed E-state index contributed by atoms with van der Waals surface area (Å²) in [6.45, 7) is 3.19. The molecule has 0 aliphatic carbocycles. The van der Waals surface area contributed by atoms with Gasteiger partial charge in [-0.3, -0.25) is 9.36 Å². The summed E-state index contributed by atoms with van der Waals surface area (Å²) >= 11 is 13.3. The molecular weight excluding hydrogens is 572 g/mol. The Hall–Kier alpha value is -3.05. The third-order valence-corrected chi connectivity index (χ3v) is 7.41. The van der Waals surface area contributed by atoms with Crippen molar-refractivity contribution in [2.75, 3.05) is 18.5 Å². The molecule has 0 bridgehead atoms. The number of carbonyl (C=O) groups is 1. The number of benzene rings is 3. The Kier molecular flexibility index (Phi) is 9.55. The largest absolute Gasteiger partial charge is 0.416 e. The zero-order valence-corrected chi connectivity index (χ0v) is 22.9. The minimum absolute atomic E-state index is 0.0157. The maximum Gasteiger partial charge on any atom is 0.416 e. The first-order chi connectivity index (χ1) is 18.7. The Bertz CT molecular complexity index is 1420. The maximum atomic E-state index is 13.5. The highest BCUT2D eigenvalue weighted by Gasteiger charge is 2.32. The zero-order chi connectivity index (χ0) is 28.0. The molecule has 0 fully saturated rings. The maximum absolute atomic E-state index is 13.5. The SMILES string of the molecule is CCOCCn1c(S[C@H](C(=O)Nc2cc(C(F)(F)F)ccc2Cl)c2ccccc2)nnc1-c1ccc(Cl)cc1. The molecule has 4 aromatic rings. The molecule has 4 rings (SSSR count). The van der Waals surface area contributed by atoms with Gasteiger partial charge in [-0.25, -0.2) is 0 Å². The van der Waals surface area contributed by atoms with Crippen molar-refractivity contribution >= 4 is 46.6 Å². The summed E-state index contributed by atoms with van der Waals surface area (Å²) in [5.41, 5.74) is 0.328. The van der Waals surface area contributed by atoms with Crippen molar-refractivity contribution in [2.45, 2.75) is 30.1 Å². The molecule has 39 heavy (non-hydrogen) atoms. The standard InChI is InChI=1S/C27H23Cl2F3N4O2S/c1-2-38-15-14-36-24(18-8-11-20(28)12-9-18)34-35-26(36)39-23(17-6-4-3-5-7-17)25(37)33-22-16-19(27(30,31)32)10-13-21(22)29/h3-13,16,23H,2,14-15H2,1H3,(H,33,37)/t23-/m0/s1. The minimum Gasteiger partial charge on any atom is -0.380 e. The normalized spacial score (nSPS) is 12.4. The molecule has 1 aromatic heterocycles. The van der Waals surface area contributed by atoms with E-state index in [4.69, 9.17) is 27.9 Å². The van der Waals surface area contributed by atoms with Crippen LogP contribution in [-0.4, -0.2) is 33.9 Å². The molecule has 204 valence electrons. The second-order valence-electron chi connectivity index (χ2n) is 8.25. The van der Waals surface area contributed by atoms with Crippen LogP contribution in [-0.2, 0) is 22.3 Å². The topological polar surface area (TPSA) is 69.0 Å². The molecule has 0 aliphatic rings. The smallest absolute Gasteiger partial charge is 0.380 e. The van der Waals surface area contributed by atoms with Crippen LogP contribution in [0.25, 0.3) is 11.4 Å². The summed E-state index contributed by atoms with van der Waals surface area (Å²) in [5, 5.41) is 11.4. The number of carbonyl (C=O) groups excluding carboxylic acids is 1. The molecule has 1 heterocycles. The van der Waals surface area contributed by atoms with Gasteiger partial charge in [-0.1, -0.05) is 65.3 Å². The number of anilines is 1. The van der Waals surface area contributed by atoms with E-state index in [-0.39, 0.29) is 10.7 Å². The Morgan fingerprint density at radius 2 is 1.77 bits per heavy atom. The molecule has 1 atom stereocenters. The fourth-order valence-corrected chi connectivity index (χ4v) is 5.05. The monoisotopic (exact) mass is 594 g/mol. The van der Waals surface area contributed by atoms with Crippen molar-refractivity contribution in [3.05, 3.63) is 94.0 Å². The van der Waals surface area contributed by atoms with E-state index in [2.05, 4.69) is 15.5 Å². The van der Waals surface area contributed by atoms with Gasteiger partial charge >= 0.3 is 6.18 Å². The van der Waals surface area contributed by atoms with Crippen molar-refractivity contribution in [1.29, 1.82) is 0 Å². The van der Waals surface area contributed by atoms with E-state index in [1.165, 1.54) is 0 Å². The second-order valence-corrected chi connectivity index (χ2v) is 10.2. The number of alkyl halides is 3. The predicted octanol–water partition coefficient (Wildman–Crippen LogP) is 7.78. The number of halogens is 5. The van der Waals surface area contributed by atoms with Crippen molar-refractivity contribution in [3.63, 3.8) is 0 Å². The molecule has 0 unspecified atom stereocenters. The van der Waals surface area contributed by atoms with Crippen LogP contribution < -0.4 is 5.32 Å². The second kappa shape index (κ2) is 12.9. The summed E-state index contributed by atoms with van der Waals surface area (Å²) < 4.78 is 47.3. The third-order valence-electron chi connectivity index (χ3n) is 5.60. The van der Waals surface area contributed by atoms with Gasteiger partial charge in [-0.05, 0) is 55.0 Å². The molecule has 0 aliphatic heterocycles. The Morgan fingerprint density at radius 3 is 2.44 bits per heavy atom. The summed E-state index contributed by atoms with van der Waals surface area (Å²) in [6, 6.07) is 18.7. The van der Waals surface area contributed by atoms with E-state index in [0.717, 1.165) is 35.5 Å². The number of nitrogens with zero attached hydrogens (tertiary/aromatic N) is 3. The Morgan fingerprint density at radius 1 is 1.05 bits per heavy atom. The number of ether oxygens (including phenoxy) is 1. The van der Waals surface area contributed by atoms with E-state index in [9.17, 15) is 18.0 Å². The molecule has 6 nitrogen and oxygen atoms in total. The summed E-state index contributed by atoms with van der Waals surface area (Å²) in [7, 11) is 0. The van der Waals surface area contributed by atoms with E-state index in [0.29, 0.717) is 41.3 Å². The first kappa shape index (κ1) is 28.9. The fourth-order valence-electron chi connectivity index (χ4n) is 3.69. The highest BCUT2D eigenvalue weighted by atomic mass is 35.5. The molecule has 0 saturated carbocycles. The molecule has 1 amide bonds. The van der Waals surface area contributed by atoms with Crippen LogP contribution in [0.1, 0.15) is 23.3 Å². The molecular formula is C27H23Cl2F3N4O2S. The van der Waals surface area contributed by atoms with Crippen LogP contribution >= 0.6 is 35.0 Å². The van der Waals surface area contributed by atoms with Gasteiger partial charge in [0, 0.05) is 17.2 Å². The first-order valence-corrected chi connectivity index (χ1v) is 13.5. The summed E-state index contributed by atoms with van der Waals surface area (Å²) in [6.07, 6.45) is -4.59. The van der Waals surface area contributed by atoms with Gasteiger partial charge in [0.25, 0.3) is 0 Å². The van der Waals surface area contributed by atoms with Crippen molar-refractivity contribution in [1.82, 2.24) is 14.8 Å². The number of hydrogen-bond acceptors (Lipinski definition) is 5. The molecule has 0 radical (unpaired) electrons. The number of aromatic nitrogens is 3. The molecule has 0 spiro atoms. The lowest BCUT2D eigenvalue weighted by Crippen LogP contribution is -2.20. The molecule has 12 heteroatoms. The lowest BCUT2D eigenvalue weighted by atomic mass is 10.1. The molecule has 1 N–H and O–H groups in total. The molecule has 3 aromatic carbocycles. The number of nitrogens with one attached hydrogen (secondary N) is 1. The van der Waals surface area contributed by atoms with Crippen LogP contribution in [0.2, 0.25) is 10.0 Å². The number of hydrogen-bond donors (Lipinski definition) is 1. The first-order valence-electron chi connectivity index (χ1n) is 11.8. The van der Waals surface area contributed by atoms with E-state index < -0.39 is 22.9 Å². The quantitative estimate of drug-likeness (QED) is 0.150. The van der Waals surface area contributed by atoms with Crippen LogP contribution in [0.5, 0.6) is 0 Å². The van der Waals surface area contributed by atoms with Crippen molar-refractivity contribution in [3.8, 4) is 11.4 Å². The van der Waals surface area contributed by atoms with Crippen molar-refractivity contribution < 1.29 is 22.7 Å². The van der Waals surface area contributed by atoms with Gasteiger partial charge in [-0.15, -0.1) is 10.2 Å². The molecule has 0 saturated heterocycles. The van der Waals surface area contributed by atoms with Gasteiger partial charge in [0.1, 0.15) is 5.25 Å².